The van der Waals surface area contributed by atoms with Crippen LogP contribution in [0.4, 0.5) is 5.82 Å². The second-order valence-corrected chi connectivity index (χ2v) is 5.53. The third-order valence-corrected chi connectivity index (χ3v) is 3.96. The summed E-state index contributed by atoms with van der Waals surface area (Å²) in [6.45, 7) is 5.00. The maximum absolute atomic E-state index is 6.11. The first-order valence-electron chi connectivity index (χ1n) is 6.20. The molecule has 0 unspecified atom stereocenters. The Morgan fingerprint density at radius 3 is 2.94 bits per heavy atom. The maximum Gasteiger partial charge on any atom is 0.135 e. The van der Waals surface area contributed by atoms with Gasteiger partial charge in [-0.3, -0.25) is 0 Å². The molecule has 1 aromatic carbocycles. The lowest BCUT2D eigenvalue weighted by Crippen LogP contribution is -2.06. The lowest BCUT2D eigenvalue weighted by Gasteiger charge is -2.06. The Balaban J connectivity index is 2.12. The van der Waals surface area contributed by atoms with Crippen LogP contribution in [-0.4, -0.2) is 15.5 Å². The first-order chi connectivity index (χ1) is 8.70. The summed E-state index contributed by atoms with van der Waals surface area (Å²) in [5.41, 5.74) is 8.61. The van der Waals surface area contributed by atoms with Gasteiger partial charge in [-0.05, 0) is 24.7 Å². The zero-order valence-electron chi connectivity index (χ0n) is 10.9. The van der Waals surface area contributed by atoms with E-state index in [4.69, 9.17) is 5.73 Å². The molecule has 0 amide bonds. The Bertz CT molecular complexity index is 520. The Morgan fingerprint density at radius 2 is 2.22 bits per heavy atom. The van der Waals surface area contributed by atoms with Gasteiger partial charge in [-0.15, -0.1) is 11.8 Å². The van der Waals surface area contributed by atoms with Gasteiger partial charge in [-0.1, -0.05) is 36.8 Å². The van der Waals surface area contributed by atoms with Gasteiger partial charge in [0.2, 0.25) is 0 Å². The second-order valence-electron chi connectivity index (χ2n) is 4.39. The number of aryl methyl sites for hydroxylation is 1. The molecule has 18 heavy (non-hydrogen) atoms. The van der Waals surface area contributed by atoms with E-state index < -0.39 is 0 Å². The number of nitrogens with two attached hydrogens (primary N) is 1. The van der Waals surface area contributed by atoms with E-state index in [-0.39, 0.29) is 0 Å². The maximum atomic E-state index is 6.11. The van der Waals surface area contributed by atoms with Crippen molar-refractivity contribution in [3.63, 3.8) is 0 Å². The Kier molecular flexibility index (Phi) is 4.31. The molecule has 1 heterocycles. The van der Waals surface area contributed by atoms with E-state index in [1.165, 1.54) is 11.1 Å². The van der Waals surface area contributed by atoms with E-state index in [2.05, 4.69) is 43.2 Å². The van der Waals surface area contributed by atoms with Crippen molar-refractivity contribution in [2.75, 3.05) is 11.5 Å². The minimum Gasteiger partial charge on any atom is -0.383 e. The van der Waals surface area contributed by atoms with Crippen molar-refractivity contribution in [2.24, 2.45) is 0 Å². The minimum atomic E-state index is 0.736. The number of hydrogen-bond donors (Lipinski definition) is 1. The summed E-state index contributed by atoms with van der Waals surface area (Å²) in [5, 5.41) is 4.36. The zero-order valence-corrected chi connectivity index (χ0v) is 11.7. The first-order valence-corrected chi connectivity index (χ1v) is 7.19. The molecule has 0 radical (unpaired) electrons. The van der Waals surface area contributed by atoms with Crippen LogP contribution in [0.5, 0.6) is 0 Å². The third kappa shape index (κ3) is 3.07. The molecule has 2 rings (SSSR count). The standard InChI is InChI=1S/C14H19N3S/c1-3-7-18-13-9-16-17(14(13)15)10-12-6-4-5-11(2)8-12/h4-6,8-9H,3,7,10,15H2,1-2H3. The Labute approximate surface area is 112 Å². The average molecular weight is 261 g/mol. The van der Waals surface area contributed by atoms with Crippen LogP contribution in [0.15, 0.2) is 35.4 Å². The summed E-state index contributed by atoms with van der Waals surface area (Å²) < 4.78 is 1.87. The number of nitrogen functional groups attached to an aromatic ring is 1. The lowest BCUT2D eigenvalue weighted by atomic mass is 10.1. The Hall–Kier alpha value is -1.42. The predicted molar refractivity (Wildman–Crippen MR) is 77.9 cm³/mol. The molecule has 0 spiro atoms. The molecule has 3 nitrogen and oxygen atoms in total. The van der Waals surface area contributed by atoms with Gasteiger partial charge in [0, 0.05) is 0 Å². The number of hydrogen-bond acceptors (Lipinski definition) is 3. The molecule has 0 aliphatic carbocycles. The molecule has 0 saturated heterocycles. The van der Waals surface area contributed by atoms with Crippen LogP contribution in [0.1, 0.15) is 24.5 Å². The number of anilines is 1. The van der Waals surface area contributed by atoms with Crippen LogP contribution in [0.2, 0.25) is 0 Å². The van der Waals surface area contributed by atoms with Gasteiger partial charge >= 0.3 is 0 Å². The zero-order chi connectivity index (χ0) is 13.0. The lowest BCUT2D eigenvalue weighted by molar-refractivity contribution is 0.696. The van der Waals surface area contributed by atoms with Crippen molar-refractivity contribution >= 4 is 17.6 Å². The molecule has 0 atom stereocenters. The van der Waals surface area contributed by atoms with Gasteiger partial charge in [0.25, 0.3) is 0 Å². The molecule has 0 saturated carbocycles. The number of benzene rings is 1. The molecule has 2 aromatic rings. The molecule has 96 valence electrons. The fourth-order valence-corrected chi connectivity index (χ4v) is 2.61. The van der Waals surface area contributed by atoms with Crippen LogP contribution in [0, 0.1) is 6.92 Å². The number of nitrogens with zero attached hydrogens (tertiary/aromatic N) is 2. The average Bonchev–Trinajstić information content (AvgIpc) is 2.69. The van der Waals surface area contributed by atoms with Crippen molar-refractivity contribution in [3.8, 4) is 0 Å². The van der Waals surface area contributed by atoms with Crippen molar-refractivity contribution in [2.45, 2.75) is 31.7 Å². The van der Waals surface area contributed by atoms with Gasteiger partial charge in [-0.2, -0.15) is 5.10 Å². The van der Waals surface area contributed by atoms with Gasteiger partial charge < -0.3 is 5.73 Å². The highest BCUT2D eigenvalue weighted by Gasteiger charge is 2.07. The van der Waals surface area contributed by atoms with E-state index in [1.54, 1.807) is 11.8 Å². The largest absolute Gasteiger partial charge is 0.383 e. The molecule has 0 aliphatic heterocycles. The van der Waals surface area contributed by atoms with Crippen molar-refractivity contribution in [1.82, 2.24) is 9.78 Å². The van der Waals surface area contributed by atoms with E-state index >= 15 is 0 Å². The summed E-state index contributed by atoms with van der Waals surface area (Å²) in [6.07, 6.45) is 3.01. The minimum absolute atomic E-state index is 0.736. The van der Waals surface area contributed by atoms with Gasteiger partial charge in [-0.25, -0.2) is 4.68 Å². The fourth-order valence-electron chi connectivity index (χ4n) is 1.81. The van der Waals surface area contributed by atoms with Crippen LogP contribution in [0.25, 0.3) is 0 Å². The Morgan fingerprint density at radius 1 is 1.39 bits per heavy atom. The first kappa shape index (κ1) is 13.0. The van der Waals surface area contributed by atoms with Gasteiger partial charge in [0.1, 0.15) is 5.82 Å². The van der Waals surface area contributed by atoms with Crippen LogP contribution < -0.4 is 5.73 Å². The normalized spacial score (nSPS) is 10.8. The van der Waals surface area contributed by atoms with Crippen LogP contribution in [0.3, 0.4) is 0 Å². The summed E-state index contributed by atoms with van der Waals surface area (Å²) in [7, 11) is 0. The van der Waals surface area contributed by atoms with E-state index in [0.717, 1.165) is 29.4 Å². The quantitative estimate of drug-likeness (QED) is 0.840. The number of aromatic nitrogens is 2. The topological polar surface area (TPSA) is 43.8 Å². The third-order valence-electron chi connectivity index (χ3n) is 2.72. The van der Waals surface area contributed by atoms with Gasteiger partial charge in [0.15, 0.2) is 0 Å². The molecule has 0 fully saturated rings. The highest BCUT2D eigenvalue weighted by molar-refractivity contribution is 7.99. The molecule has 2 N–H and O–H groups in total. The van der Waals surface area contributed by atoms with Crippen molar-refractivity contribution < 1.29 is 0 Å². The summed E-state index contributed by atoms with van der Waals surface area (Å²) in [6, 6.07) is 8.43. The summed E-state index contributed by atoms with van der Waals surface area (Å²) >= 11 is 1.77. The van der Waals surface area contributed by atoms with Crippen molar-refractivity contribution in [1.29, 1.82) is 0 Å². The molecular formula is C14H19N3S. The number of thioether (sulfide) groups is 1. The predicted octanol–water partition coefficient (Wildman–Crippen LogP) is 3.32. The highest BCUT2D eigenvalue weighted by atomic mass is 32.2. The smallest absolute Gasteiger partial charge is 0.135 e. The fraction of sp³-hybridized carbons (Fsp3) is 0.357. The SMILES string of the molecule is CCCSc1cnn(Cc2cccc(C)c2)c1N. The van der Waals surface area contributed by atoms with E-state index in [1.807, 2.05) is 10.9 Å². The van der Waals surface area contributed by atoms with Gasteiger partial charge in [0.05, 0.1) is 17.6 Å². The monoisotopic (exact) mass is 261 g/mol. The summed E-state index contributed by atoms with van der Waals surface area (Å²) in [5.74, 6) is 1.86. The highest BCUT2D eigenvalue weighted by Crippen LogP contribution is 2.25. The van der Waals surface area contributed by atoms with E-state index in [9.17, 15) is 0 Å². The van der Waals surface area contributed by atoms with Crippen LogP contribution >= 0.6 is 11.8 Å². The molecule has 1 aromatic heterocycles. The molecule has 0 bridgehead atoms. The molecular weight excluding hydrogens is 242 g/mol. The van der Waals surface area contributed by atoms with Crippen LogP contribution in [-0.2, 0) is 6.54 Å². The van der Waals surface area contributed by atoms with E-state index in [0.29, 0.717) is 0 Å². The summed E-state index contributed by atoms with van der Waals surface area (Å²) in [4.78, 5) is 1.09. The van der Waals surface area contributed by atoms with Crippen molar-refractivity contribution in [3.05, 3.63) is 41.6 Å². The number of rotatable bonds is 5. The molecule has 0 aliphatic rings. The second kappa shape index (κ2) is 5.96. The molecule has 4 heteroatoms.